The molecule has 2 aliphatic rings. The predicted molar refractivity (Wildman–Crippen MR) is 67.9 cm³/mol. The lowest BCUT2D eigenvalue weighted by Crippen LogP contribution is -2.31. The Kier molecular flexibility index (Phi) is 3.36. The minimum atomic E-state index is 0.101. The van der Waals surface area contributed by atoms with Crippen LogP contribution in [0.2, 0.25) is 0 Å². The zero-order chi connectivity index (χ0) is 11.7. The molecule has 3 nitrogen and oxygen atoms in total. The van der Waals surface area contributed by atoms with E-state index < -0.39 is 0 Å². The first-order valence-electron chi connectivity index (χ1n) is 5.93. The fourth-order valence-electron chi connectivity index (χ4n) is 2.27. The summed E-state index contributed by atoms with van der Waals surface area (Å²) in [7, 11) is 0. The van der Waals surface area contributed by atoms with Gasteiger partial charge in [0.25, 0.3) is 0 Å². The number of ether oxygens (including phenoxy) is 3. The maximum absolute atomic E-state index is 5.71. The van der Waals surface area contributed by atoms with Crippen LogP contribution >= 0.6 is 15.9 Å². The van der Waals surface area contributed by atoms with E-state index >= 15 is 0 Å². The number of hydrogen-bond donors (Lipinski definition) is 0. The first-order chi connectivity index (χ1) is 8.34. The maximum atomic E-state index is 5.71. The van der Waals surface area contributed by atoms with Gasteiger partial charge >= 0.3 is 0 Å². The second-order valence-electron chi connectivity index (χ2n) is 4.35. The summed E-state index contributed by atoms with van der Waals surface area (Å²) in [6.07, 6.45) is 1.11. The summed E-state index contributed by atoms with van der Waals surface area (Å²) in [6, 6.07) is 6.36. The molecule has 0 N–H and O–H groups in total. The summed E-state index contributed by atoms with van der Waals surface area (Å²) >= 11 is 3.71. The second kappa shape index (κ2) is 4.96. The first kappa shape index (κ1) is 11.5. The Bertz CT molecular complexity index is 402. The minimum Gasteiger partial charge on any atom is -0.493 e. The van der Waals surface area contributed by atoms with E-state index in [1.807, 2.05) is 0 Å². The predicted octanol–water partition coefficient (Wildman–Crippen LogP) is 2.47. The Morgan fingerprint density at radius 1 is 1.24 bits per heavy atom. The van der Waals surface area contributed by atoms with Crippen molar-refractivity contribution >= 4 is 15.9 Å². The van der Waals surface area contributed by atoms with Crippen molar-refractivity contribution in [2.75, 3.05) is 26.4 Å². The van der Waals surface area contributed by atoms with Gasteiger partial charge in [0.2, 0.25) is 0 Å². The van der Waals surface area contributed by atoms with Crippen LogP contribution in [0.5, 0.6) is 5.75 Å². The number of halogens is 1. The number of hydrogen-bond acceptors (Lipinski definition) is 3. The van der Waals surface area contributed by atoms with E-state index in [1.165, 1.54) is 11.1 Å². The number of benzene rings is 1. The molecular formula is C13H15BrO3. The first-order valence-corrected chi connectivity index (χ1v) is 6.85. The highest BCUT2D eigenvalue weighted by Crippen LogP contribution is 2.34. The van der Waals surface area contributed by atoms with Gasteiger partial charge in [-0.05, 0) is 17.2 Å². The average Bonchev–Trinajstić information content (AvgIpc) is 2.86. The van der Waals surface area contributed by atoms with Crippen LogP contribution in [0.25, 0.3) is 0 Å². The Morgan fingerprint density at radius 3 is 3.00 bits per heavy atom. The summed E-state index contributed by atoms with van der Waals surface area (Å²) in [4.78, 5) is 0.189. The molecule has 0 amide bonds. The van der Waals surface area contributed by atoms with E-state index in [-0.39, 0.29) is 10.9 Å². The van der Waals surface area contributed by atoms with Crippen molar-refractivity contribution in [1.29, 1.82) is 0 Å². The molecule has 1 saturated heterocycles. The molecule has 1 aromatic carbocycles. The van der Waals surface area contributed by atoms with Gasteiger partial charge in [0, 0.05) is 6.42 Å². The summed E-state index contributed by atoms with van der Waals surface area (Å²) in [5.74, 6) is 1.02. The van der Waals surface area contributed by atoms with Crippen molar-refractivity contribution in [3.8, 4) is 5.75 Å². The SMILES string of the molecule is BrC(c1ccc2c(c1)CCO2)C1COCCO1. The molecule has 1 aromatic rings. The third-order valence-corrected chi connectivity index (χ3v) is 4.32. The van der Waals surface area contributed by atoms with Crippen molar-refractivity contribution in [1.82, 2.24) is 0 Å². The van der Waals surface area contributed by atoms with Crippen molar-refractivity contribution in [2.45, 2.75) is 17.4 Å². The zero-order valence-corrected chi connectivity index (χ0v) is 11.1. The van der Waals surface area contributed by atoms with Gasteiger partial charge in [-0.15, -0.1) is 0 Å². The quantitative estimate of drug-likeness (QED) is 0.785. The molecule has 1 fully saturated rings. The lowest BCUT2D eigenvalue weighted by atomic mass is 10.0. The summed E-state index contributed by atoms with van der Waals surface area (Å²) < 4.78 is 16.7. The molecule has 0 aliphatic carbocycles. The third kappa shape index (κ3) is 2.34. The molecule has 17 heavy (non-hydrogen) atoms. The molecular weight excluding hydrogens is 284 g/mol. The van der Waals surface area contributed by atoms with E-state index in [2.05, 4.69) is 34.1 Å². The Labute approximate surface area is 109 Å². The van der Waals surface area contributed by atoms with Crippen LogP contribution < -0.4 is 4.74 Å². The largest absolute Gasteiger partial charge is 0.493 e. The van der Waals surface area contributed by atoms with E-state index in [9.17, 15) is 0 Å². The molecule has 0 bridgehead atoms. The Hall–Kier alpha value is -0.580. The van der Waals surface area contributed by atoms with Crippen LogP contribution in [0.1, 0.15) is 16.0 Å². The average molecular weight is 299 g/mol. The van der Waals surface area contributed by atoms with Crippen LogP contribution in [-0.4, -0.2) is 32.5 Å². The lowest BCUT2D eigenvalue weighted by molar-refractivity contribution is -0.0876. The molecule has 4 heteroatoms. The molecule has 2 atom stereocenters. The van der Waals surface area contributed by atoms with Crippen molar-refractivity contribution < 1.29 is 14.2 Å². The van der Waals surface area contributed by atoms with Gasteiger partial charge in [-0.2, -0.15) is 0 Å². The van der Waals surface area contributed by atoms with Crippen LogP contribution in [0.15, 0.2) is 18.2 Å². The molecule has 2 aliphatic heterocycles. The van der Waals surface area contributed by atoms with Crippen LogP contribution in [0, 0.1) is 0 Å². The van der Waals surface area contributed by atoms with Crippen molar-refractivity contribution in [2.24, 2.45) is 0 Å². The molecule has 2 unspecified atom stereocenters. The molecule has 2 heterocycles. The van der Waals surface area contributed by atoms with Gasteiger partial charge in [-0.3, -0.25) is 0 Å². The molecule has 0 spiro atoms. The van der Waals surface area contributed by atoms with Crippen molar-refractivity contribution in [3.63, 3.8) is 0 Å². The monoisotopic (exact) mass is 298 g/mol. The number of fused-ring (bicyclic) bond motifs is 1. The molecule has 0 aromatic heterocycles. The van der Waals surface area contributed by atoms with Gasteiger partial charge in [-0.1, -0.05) is 28.1 Å². The number of alkyl halides is 1. The molecule has 3 rings (SSSR count). The summed E-state index contributed by atoms with van der Waals surface area (Å²) in [5.41, 5.74) is 2.54. The molecule has 0 saturated carbocycles. The smallest absolute Gasteiger partial charge is 0.122 e. The highest BCUT2D eigenvalue weighted by atomic mass is 79.9. The fraction of sp³-hybridized carbons (Fsp3) is 0.538. The normalized spacial score (nSPS) is 25.1. The summed E-state index contributed by atoms with van der Waals surface area (Å²) in [5, 5.41) is 0. The second-order valence-corrected chi connectivity index (χ2v) is 5.34. The van der Waals surface area contributed by atoms with Crippen LogP contribution in [0.3, 0.4) is 0 Å². The van der Waals surface area contributed by atoms with E-state index in [0.29, 0.717) is 19.8 Å². The van der Waals surface area contributed by atoms with Crippen molar-refractivity contribution in [3.05, 3.63) is 29.3 Å². The third-order valence-electron chi connectivity index (χ3n) is 3.20. The maximum Gasteiger partial charge on any atom is 0.122 e. The minimum absolute atomic E-state index is 0.101. The zero-order valence-electron chi connectivity index (χ0n) is 9.52. The number of rotatable bonds is 2. The van der Waals surface area contributed by atoms with E-state index in [4.69, 9.17) is 14.2 Å². The Morgan fingerprint density at radius 2 is 2.18 bits per heavy atom. The Balaban J connectivity index is 1.78. The van der Waals surface area contributed by atoms with Gasteiger partial charge in [-0.25, -0.2) is 0 Å². The molecule has 0 radical (unpaired) electrons. The van der Waals surface area contributed by atoms with Crippen LogP contribution in [-0.2, 0) is 15.9 Å². The summed E-state index contributed by atoms with van der Waals surface area (Å²) in [6.45, 7) is 2.84. The van der Waals surface area contributed by atoms with Gasteiger partial charge in [0.15, 0.2) is 0 Å². The highest BCUT2D eigenvalue weighted by Gasteiger charge is 2.25. The standard InChI is InChI=1S/C13H15BrO3/c14-13(12-8-15-5-6-17-12)10-1-2-11-9(7-10)3-4-16-11/h1-2,7,12-13H,3-6,8H2. The highest BCUT2D eigenvalue weighted by molar-refractivity contribution is 9.09. The van der Waals surface area contributed by atoms with E-state index in [0.717, 1.165) is 18.8 Å². The lowest BCUT2D eigenvalue weighted by Gasteiger charge is -2.27. The van der Waals surface area contributed by atoms with Gasteiger partial charge in [0.1, 0.15) is 5.75 Å². The van der Waals surface area contributed by atoms with Crippen LogP contribution in [0.4, 0.5) is 0 Å². The molecule has 92 valence electrons. The van der Waals surface area contributed by atoms with Gasteiger partial charge < -0.3 is 14.2 Å². The van der Waals surface area contributed by atoms with E-state index in [1.54, 1.807) is 0 Å². The topological polar surface area (TPSA) is 27.7 Å². The van der Waals surface area contributed by atoms with Gasteiger partial charge in [0.05, 0.1) is 37.4 Å². The fourth-order valence-corrected chi connectivity index (χ4v) is 2.86.